The molecular weight excluding hydrogens is 1110 g/mol. The summed E-state index contributed by atoms with van der Waals surface area (Å²) in [5.41, 5.74) is -9.21. The summed E-state index contributed by atoms with van der Waals surface area (Å²) in [6, 6.07) is 20.1. The number of anilines is 2. The van der Waals surface area contributed by atoms with Crippen LogP contribution in [0.2, 0.25) is 0 Å². The van der Waals surface area contributed by atoms with E-state index in [1.54, 1.807) is 76.2 Å². The number of amides is 4. The lowest BCUT2D eigenvalue weighted by Crippen LogP contribution is -2.78. The predicted molar refractivity (Wildman–Crippen MR) is 293 cm³/mol. The number of piperazine rings is 2. The van der Waals surface area contributed by atoms with Gasteiger partial charge in [-0.2, -0.15) is 0 Å². The Bertz CT molecular complexity index is 3340. The van der Waals surface area contributed by atoms with Gasteiger partial charge >= 0.3 is 35.3 Å². The molecule has 81 heavy (non-hydrogen) atoms. The first-order chi connectivity index (χ1) is 37.9. The van der Waals surface area contributed by atoms with Crippen molar-refractivity contribution in [2.75, 3.05) is 36.9 Å². The molecule has 0 spiro atoms. The van der Waals surface area contributed by atoms with Crippen LogP contribution in [0.1, 0.15) is 93.2 Å². The summed E-state index contributed by atoms with van der Waals surface area (Å²) in [6.45, 7) is 12.1. The summed E-state index contributed by atoms with van der Waals surface area (Å²) in [4.78, 5) is 148. The third kappa shape index (κ3) is 8.19. The molecule has 0 aliphatic carbocycles. The maximum absolute atomic E-state index is 16.9. The average Bonchev–Trinajstić information content (AvgIpc) is 1.51. The molecule has 0 unspecified atom stereocenters. The maximum atomic E-state index is 16.9. The Morgan fingerprint density at radius 3 is 1.49 bits per heavy atom. The summed E-state index contributed by atoms with van der Waals surface area (Å²) >= 11 is 0.955. The van der Waals surface area contributed by atoms with Crippen molar-refractivity contribution in [1.29, 1.82) is 0 Å². The standard InChI is InChI=1S/C56H64N6O16S3/c1-30(2)41(65)77-53(28-75-34(9)63)47(69)60-45-51(37-22-16-18-24-39(37)57-45,26-55(60,49(71)58(53)11)79-43(67)32(5)6)52-27-56(80-44(68)33(7)8)50(72)59(12)54(29-76-35(10)64,78-42(66)31(3)4)48(70)61(56)46(52)62(40-25-19-17-23-38(40)52)81(73,74)36-20-14-13-15-21-36/h13-25,30-33,45-46,57H,26-29H2,1-12H3/t45-,46+,51+,52+,53-,54-,55+,56+/m1/s1. The van der Waals surface area contributed by atoms with Gasteiger partial charge < -0.3 is 24.3 Å². The van der Waals surface area contributed by atoms with Crippen molar-refractivity contribution in [1.82, 2.24) is 19.6 Å². The molecule has 0 bridgehead atoms. The van der Waals surface area contributed by atoms with Crippen LogP contribution < -0.4 is 9.62 Å². The SMILES string of the molecule is CC(=O)OC[C@@]1(OC(=O)C(C)C)C(=O)N2[C@H]3Nc4ccccc4[C@@]3([C@]34C[C@]5(SC(=O)C(C)C)C(=O)N(C)[C@](COC(C)=O)(OC(=O)C(C)C)C(=O)N5[C@H]3N(S(=O)(=O)c3ccccc3)c3ccccc34)C[C@]2(SC(=O)C(C)C)C(=O)N1C. The highest BCUT2D eigenvalue weighted by atomic mass is 32.2. The van der Waals surface area contributed by atoms with E-state index in [1.165, 1.54) is 65.1 Å². The molecule has 3 aromatic carbocycles. The van der Waals surface area contributed by atoms with Crippen LogP contribution >= 0.6 is 23.5 Å². The van der Waals surface area contributed by atoms with E-state index in [-0.39, 0.29) is 16.1 Å². The van der Waals surface area contributed by atoms with Crippen LogP contribution in [0.5, 0.6) is 0 Å². The first-order valence-electron chi connectivity index (χ1n) is 26.4. The van der Waals surface area contributed by atoms with E-state index in [1.807, 2.05) is 0 Å². The van der Waals surface area contributed by atoms with Crippen LogP contribution in [-0.4, -0.2) is 147 Å². The molecule has 4 amide bonds. The molecule has 4 fully saturated rings. The van der Waals surface area contributed by atoms with Crippen LogP contribution in [0, 0.1) is 23.7 Å². The number of ether oxygens (including phenoxy) is 4. The van der Waals surface area contributed by atoms with E-state index in [0.717, 1.165) is 44.8 Å². The van der Waals surface area contributed by atoms with Gasteiger partial charge in [-0.15, -0.1) is 0 Å². The molecule has 0 radical (unpaired) electrons. The van der Waals surface area contributed by atoms with Crippen molar-refractivity contribution in [3.8, 4) is 0 Å². The van der Waals surface area contributed by atoms with Crippen molar-refractivity contribution < 1.29 is 75.3 Å². The second-order valence-electron chi connectivity index (χ2n) is 22.5. The zero-order valence-electron chi connectivity index (χ0n) is 46.8. The number of para-hydroxylation sites is 2. The van der Waals surface area contributed by atoms with Gasteiger partial charge in [0.2, 0.25) is 0 Å². The molecular formula is C56H64N6O16S3. The van der Waals surface area contributed by atoms with E-state index in [4.69, 9.17) is 18.9 Å². The van der Waals surface area contributed by atoms with E-state index in [0.29, 0.717) is 34.8 Å². The van der Waals surface area contributed by atoms with Gasteiger partial charge in [0.05, 0.1) is 33.2 Å². The molecule has 8 atom stereocenters. The van der Waals surface area contributed by atoms with E-state index in [2.05, 4.69) is 5.32 Å². The highest BCUT2D eigenvalue weighted by molar-refractivity contribution is 8.15. The van der Waals surface area contributed by atoms with Gasteiger partial charge in [0, 0.05) is 58.3 Å². The highest BCUT2D eigenvalue weighted by Gasteiger charge is 2.88. The van der Waals surface area contributed by atoms with Crippen LogP contribution in [0.3, 0.4) is 0 Å². The van der Waals surface area contributed by atoms with Crippen LogP contribution in [0.25, 0.3) is 0 Å². The lowest BCUT2D eigenvalue weighted by Gasteiger charge is -2.54. The number of carbonyl (C=O) groups excluding carboxylic acids is 10. The summed E-state index contributed by atoms with van der Waals surface area (Å²) in [5.74, 6) is -11.9. The molecule has 432 valence electrons. The fourth-order valence-corrected chi connectivity index (χ4v) is 16.7. The summed E-state index contributed by atoms with van der Waals surface area (Å²) in [5, 5.41) is 2.24. The summed E-state index contributed by atoms with van der Waals surface area (Å²) in [7, 11) is -2.71. The molecule has 6 heterocycles. The molecule has 25 heteroatoms. The summed E-state index contributed by atoms with van der Waals surface area (Å²) in [6.07, 6.45) is -5.04. The number of fused-ring (bicyclic) bond motifs is 11. The second-order valence-corrected chi connectivity index (χ2v) is 26.9. The van der Waals surface area contributed by atoms with E-state index < -0.39 is 162 Å². The Labute approximate surface area is 477 Å². The quantitative estimate of drug-likeness (QED) is 0.160. The lowest BCUT2D eigenvalue weighted by atomic mass is 9.54. The maximum Gasteiger partial charge on any atom is 0.311 e. The lowest BCUT2D eigenvalue weighted by molar-refractivity contribution is -0.224. The Morgan fingerprint density at radius 1 is 0.580 bits per heavy atom. The number of benzene rings is 3. The third-order valence-electron chi connectivity index (χ3n) is 16.2. The number of carbonyl (C=O) groups is 10. The molecule has 6 aliphatic heterocycles. The van der Waals surface area contributed by atoms with Crippen molar-refractivity contribution in [3.05, 3.63) is 90.0 Å². The van der Waals surface area contributed by atoms with Crippen LogP contribution in [-0.2, 0) is 87.7 Å². The second kappa shape index (κ2) is 20.2. The molecule has 4 saturated heterocycles. The fourth-order valence-electron chi connectivity index (χ4n) is 12.3. The Balaban J connectivity index is 1.48. The smallest absolute Gasteiger partial charge is 0.311 e. The predicted octanol–water partition coefficient (Wildman–Crippen LogP) is 4.70. The van der Waals surface area contributed by atoms with Crippen molar-refractivity contribution >= 4 is 103 Å². The molecule has 0 aromatic heterocycles. The van der Waals surface area contributed by atoms with Gasteiger partial charge in [-0.05, 0) is 58.9 Å². The number of hydrogen-bond acceptors (Lipinski definition) is 19. The minimum Gasteiger partial charge on any atom is -0.459 e. The number of nitrogens with one attached hydrogen (secondary N) is 1. The first-order valence-corrected chi connectivity index (χ1v) is 29.5. The average molecular weight is 1170 g/mol. The highest BCUT2D eigenvalue weighted by Crippen LogP contribution is 2.76. The summed E-state index contributed by atoms with van der Waals surface area (Å²) < 4.78 is 56.8. The Hall–Kier alpha value is -6.99. The monoisotopic (exact) mass is 1170 g/mol. The first kappa shape index (κ1) is 58.7. The van der Waals surface area contributed by atoms with Gasteiger partial charge in [0.15, 0.2) is 33.2 Å². The largest absolute Gasteiger partial charge is 0.459 e. The number of hydrogen-bond donors (Lipinski definition) is 1. The van der Waals surface area contributed by atoms with Gasteiger partial charge in [-0.25, -0.2) is 12.7 Å². The molecule has 9 rings (SSSR count). The topological polar surface area (TPSA) is 270 Å². The van der Waals surface area contributed by atoms with Gasteiger partial charge in [0.25, 0.3) is 33.7 Å². The van der Waals surface area contributed by atoms with E-state index >= 15 is 27.6 Å². The molecule has 22 nitrogen and oxygen atoms in total. The van der Waals surface area contributed by atoms with Gasteiger partial charge in [0.1, 0.15) is 12.3 Å². The Morgan fingerprint density at radius 2 is 1.01 bits per heavy atom. The number of sulfonamides is 1. The fraction of sp³-hybridized carbons (Fsp3) is 0.500. The molecule has 3 aromatic rings. The van der Waals surface area contributed by atoms with Crippen molar-refractivity contribution in [2.45, 2.75) is 131 Å². The molecule has 6 aliphatic rings. The zero-order chi connectivity index (χ0) is 59.5. The number of rotatable bonds is 15. The molecule has 0 saturated carbocycles. The van der Waals surface area contributed by atoms with Crippen LogP contribution in [0.15, 0.2) is 83.8 Å². The Kier molecular flexibility index (Phi) is 14.6. The number of nitrogens with zero attached hydrogens (tertiary/aromatic N) is 5. The van der Waals surface area contributed by atoms with Crippen molar-refractivity contribution in [2.24, 2.45) is 23.7 Å². The minimum absolute atomic E-state index is 0.0451. The van der Waals surface area contributed by atoms with E-state index in [9.17, 15) is 28.8 Å². The van der Waals surface area contributed by atoms with Gasteiger partial charge in [-0.3, -0.25) is 67.5 Å². The van der Waals surface area contributed by atoms with Gasteiger partial charge in [-0.1, -0.05) is 110 Å². The third-order valence-corrected chi connectivity index (χ3v) is 21.1. The zero-order valence-corrected chi connectivity index (χ0v) is 49.2. The molecule has 1 N–H and O–H groups in total. The number of thioether (sulfide) groups is 2. The number of likely N-dealkylation sites (N-methyl/N-ethyl adjacent to an activating group) is 2. The van der Waals surface area contributed by atoms with Crippen LogP contribution in [0.4, 0.5) is 11.4 Å². The number of esters is 4. The van der Waals surface area contributed by atoms with Crippen molar-refractivity contribution in [3.63, 3.8) is 0 Å². The minimum atomic E-state index is -5.03. The normalized spacial score (nSPS) is 29.1.